The summed E-state index contributed by atoms with van der Waals surface area (Å²) in [5, 5.41) is 2.68. The molecule has 0 radical (unpaired) electrons. The molecule has 2 aromatic carbocycles. The third-order valence-electron chi connectivity index (χ3n) is 4.67. The first-order valence-corrected chi connectivity index (χ1v) is 9.61. The van der Waals surface area contributed by atoms with E-state index >= 15 is 0 Å². The quantitative estimate of drug-likeness (QED) is 0.627. The van der Waals surface area contributed by atoms with Crippen molar-refractivity contribution in [2.45, 2.75) is 26.6 Å². The largest absolute Gasteiger partial charge is 0.494 e. The number of pyridine rings is 1. The molecule has 0 aliphatic rings. The van der Waals surface area contributed by atoms with E-state index in [9.17, 15) is 22.8 Å². The van der Waals surface area contributed by atoms with Crippen molar-refractivity contribution in [1.29, 1.82) is 0 Å². The summed E-state index contributed by atoms with van der Waals surface area (Å²) in [4.78, 5) is 25.7. The summed E-state index contributed by atoms with van der Waals surface area (Å²) in [5.74, 6) is -0.00684. The molecule has 0 fully saturated rings. The third kappa shape index (κ3) is 4.96. The lowest BCUT2D eigenvalue weighted by Crippen LogP contribution is -2.33. The van der Waals surface area contributed by atoms with Gasteiger partial charge in [0, 0.05) is 23.5 Å². The van der Waals surface area contributed by atoms with Crippen molar-refractivity contribution in [2.24, 2.45) is 0 Å². The monoisotopic (exact) mass is 430 g/mol. The molecule has 162 valence electrons. The van der Waals surface area contributed by atoms with Gasteiger partial charge in [-0.2, -0.15) is 13.2 Å². The third-order valence-corrected chi connectivity index (χ3v) is 4.67. The molecule has 1 N–H and O–H groups in total. The van der Waals surface area contributed by atoms with Crippen molar-refractivity contribution in [3.8, 4) is 11.4 Å². The van der Waals surface area contributed by atoms with Gasteiger partial charge in [0.1, 0.15) is 11.3 Å². The number of aromatic nitrogens is 1. The molecule has 0 spiro atoms. The first-order chi connectivity index (χ1) is 14.7. The molecule has 3 rings (SSSR count). The van der Waals surface area contributed by atoms with E-state index in [1.165, 1.54) is 24.3 Å². The Morgan fingerprint density at radius 2 is 1.81 bits per heavy atom. The Morgan fingerprint density at radius 3 is 2.52 bits per heavy atom. The molecule has 1 amide bonds. The summed E-state index contributed by atoms with van der Waals surface area (Å²) in [6.07, 6.45) is -4.55. The van der Waals surface area contributed by atoms with Crippen LogP contribution in [0.3, 0.4) is 0 Å². The second-order valence-corrected chi connectivity index (χ2v) is 6.80. The topological polar surface area (TPSA) is 60.3 Å². The molecule has 0 unspecified atom stereocenters. The van der Waals surface area contributed by atoms with E-state index in [1.807, 2.05) is 13.0 Å². The molecule has 1 heterocycles. The van der Waals surface area contributed by atoms with Crippen LogP contribution in [-0.2, 0) is 12.7 Å². The number of hydrogen-bond acceptors (Lipinski definition) is 3. The van der Waals surface area contributed by atoms with Gasteiger partial charge in [-0.15, -0.1) is 0 Å². The standard InChI is InChI=1S/C23H21F3N2O3/c1-3-31-20-10-5-4-7-16(20)14-27-21(29)19-12-11-15(2)28(22(19)30)18-9-6-8-17(13-18)23(24,25)26/h4-13H,3,14H2,1-2H3,(H,27,29). The van der Waals surface area contributed by atoms with Gasteiger partial charge in [0.15, 0.2) is 0 Å². The maximum atomic E-state index is 13.1. The van der Waals surface area contributed by atoms with Crippen LogP contribution in [0.1, 0.15) is 34.1 Å². The summed E-state index contributed by atoms with van der Waals surface area (Å²) in [6, 6.07) is 14.5. The van der Waals surface area contributed by atoms with Crippen molar-refractivity contribution in [3.05, 3.63) is 93.4 Å². The van der Waals surface area contributed by atoms with E-state index in [-0.39, 0.29) is 17.8 Å². The van der Waals surface area contributed by atoms with E-state index in [1.54, 1.807) is 25.1 Å². The number of alkyl halides is 3. The minimum absolute atomic E-state index is 0.0358. The zero-order chi connectivity index (χ0) is 22.6. The SMILES string of the molecule is CCOc1ccccc1CNC(=O)c1ccc(C)n(-c2cccc(C(F)(F)F)c2)c1=O. The number of benzene rings is 2. The fourth-order valence-electron chi connectivity index (χ4n) is 3.16. The number of amides is 1. The molecule has 0 saturated heterocycles. The summed E-state index contributed by atoms with van der Waals surface area (Å²) in [7, 11) is 0. The molecular weight excluding hydrogens is 409 g/mol. The highest BCUT2D eigenvalue weighted by molar-refractivity contribution is 5.93. The summed E-state index contributed by atoms with van der Waals surface area (Å²) < 4.78 is 45.9. The lowest BCUT2D eigenvalue weighted by atomic mass is 10.1. The van der Waals surface area contributed by atoms with Gasteiger partial charge in [-0.05, 0) is 50.2 Å². The van der Waals surface area contributed by atoms with E-state index in [0.29, 0.717) is 18.1 Å². The van der Waals surface area contributed by atoms with Crippen LogP contribution in [0.25, 0.3) is 5.69 Å². The Hall–Kier alpha value is -3.55. The zero-order valence-electron chi connectivity index (χ0n) is 17.0. The zero-order valence-corrected chi connectivity index (χ0v) is 17.0. The van der Waals surface area contributed by atoms with Crippen LogP contribution in [0.2, 0.25) is 0 Å². The highest BCUT2D eigenvalue weighted by Gasteiger charge is 2.30. The van der Waals surface area contributed by atoms with Crippen molar-refractivity contribution >= 4 is 5.91 Å². The number of carbonyl (C=O) groups is 1. The second-order valence-electron chi connectivity index (χ2n) is 6.80. The van der Waals surface area contributed by atoms with Gasteiger partial charge in [-0.3, -0.25) is 14.2 Å². The number of carbonyl (C=O) groups excluding carboxylic acids is 1. The lowest BCUT2D eigenvalue weighted by molar-refractivity contribution is -0.137. The number of hydrogen-bond donors (Lipinski definition) is 1. The molecule has 3 aromatic rings. The first-order valence-electron chi connectivity index (χ1n) is 9.61. The van der Waals surface area contributed by atoms with Crippen LogP contribution in [0.15, 0.2) is 65.5 Å². The molecule has 8 heteroatoms. The highest BCUT2D eigenvalue weighted by Crippen LogP contribution is 2.30. The number of aryl methyl sites for hydroxylation is 1. The van der Waals surface area contributed by atoms with Crippen molar-refractivity contribution in [2.75, 3.05) is 6.61 Å². The average Bonchev–Trinajstić information content (AvgIpc) is 2.73. The van der Waals surface area contributed by atoms with E-state index < -0.39 is 23.2 Å². The van der Waals surface area contributed by atoms with Gasteiger partial charge >= 0.3 is 6.18 Å². The Labute approximate surface area is 177 Å². The second kappa shape index (κ2) is 9.07. The Kier molecular flexibility index (Phi) is 6.48. The smallest absolute Gasteiger partial charge is 0.416 e. The van der Waals surface area contributed by atoms with Gasteiger partial charge < -0.3 is 10.1 Å². The van der Waals surface area contributed by atoms with Gasteiger partial charge in [-0.25, -0.2) is 0 Å². The van der Waals surface area contributed by atoms with Crippen LogP contribution >= 0.6 is 0 Å². The summed E-state index contributed by atoms with van der Waals surface area (Å²) in [5.41, 5.74) is -0.565. The van der Waals surface area contributed by atoms with Gasteiger partial charge in [0.25, 0.3) is 11.5 Å². The molecular formula is C23H21F3N2O3. The molecule has 0 saturated carbocycles. The molecule has 0 bridgehead atoms. The number of nitrogens with zero attached hydrogens (tertiary/aromatic N) is 1. The first kappa shape index (κ1) is 22.1. The highest BCUT2D eigenvalue weighted by atomic mass is 19.4. The molecule has 0 aliphatic carbocycles. The van der Waals surface area contributed by atoms with E-state index in [2.05, 4.69) is 5.32 Å². The van der Waals surface area contributed by atoms with E-state index in [0.717, 1.165) is 22.3 Å². The predicted molar refractivity (Wildman–Crippen MR) is 111 cm³/mol. The number of rotatable bonds is 6. The summed E-state index contributed by atoms with van der Waals surface area (Å²) >= 11 is 0. The molecule has 0 atom stereocenters. The van der Waals surface area contributed by atoms with Crippen LogP contribution in [0.5, 0.6) is 5.75 Å². The van der Waals surface area contributed by atoms with E-state index in [4.69, 9.17) is 4.74 Å². The van der Waals surface area contributed by atoms with Gasteiger partial charge in [0.05, 0.1) is 12.2 Å². The fraction of sp³-hybridized carbons (Fsp3) is 0.217. The Bertz CT molecular complexity index is 1150. The van der Waals surface area contributed by atoms with Crippen LogP contribution in [0.4, 0.5) is 13.2 Å². The average molecular weight is 430 g/mol. The normalized spacial score (nSPS) is 11.3. The predicted octanol–water partition coefficient (Wildman–Crippen LogP) is 4.49. The van der Waals surface area contributed by atoms with Crippen molar-refractivity contribution < 1.29 is 22.7 Å². The van der Waals surface area contributed by atoms with Crippen LogP contribution in [-0.4, -0.2) is 17.1 Å². The molecule has 31 heavy (non-hydrogen) atoms. The van der Waals surface area contributed by atoms with Crippen molar-refractivity contribution in [3.63, 3.8) is 0 Å². The summed E-state index contributed by atoms with van der Waals surface area (Å²) in [6.45, 7) is 4.02. The minimum Gasteiger partial charge on any atom is -0.494 e. The van der Waals surface area contributed by atoms with Crippen LogP contribution < -0.4 is 15.6 Å². The molecule has 0 aliphatic heterocycles. The number of ether oxygens (including phenoxy) is 1. The number of halogens is 3. The molecule has 5 nitrogen and oxygen atoms in total. The number of nitrogens with one attached hydrogen (secondary N) is 1. The Balaban J connectivity index is 1.91. The van der Waals surface area contributed by atoms with Crippen LogP contribution in [0, 0.1) is 6.92 Å². The minimum atomic E-state index is -4.55. The molecule has 1 aromatic heterocycles. The lowest BCUT2D eigenvalue weighted by Gasteiger charge is -2.15. The van der Waals surface area contributed by atoms with Crippen molar-refractivity contribution in [1.82, 2.24) is 9.88 Å². The maximum Gasteiger partial charge on any atom is 0.416 e. The van der Waals surface area contributed by atoms with Gasteiger partial charge in [-0.1, -0.05) is 24.3 Å². The fourth-order valence-corrected chi connectivity index (χ4v) is 3.16. The Morgan fingerprint density at radius 1 is 1.06 bits per heavy atom. The van der Waals surface area contributed by atoms with Gasteiger partial charge in [0.2, 0.25) is 0 Å². The maximum absolute atomic E-state index is 13.1. The number of para-hydroxylation sites is 1.